The molecule has 2 aromatic heterocycles. The highest BCUT2D eigenvalue weighted by molar-refractivity contribution is 6.29. The van der Waals surface area contributed by atoms with Gasteiger partial charge in [0.25, 0.3) is 0 Å². The molecule has 1 saturated heterocycles. The Morgan fingerprint density at radius 1 is 0.963 bits per heavy atom. The molecule has 0 bridgehead atoms. The van der Waals surface area contributed by atoms with Gasteiger partial charge in [0.15, 0.2) is 35.2 Å². The SMILES string of the molecule is CCOC(=O)C(Cc1ccc2ccccc2c1)(OC[C@H]1O[C@@H](n2cnc3c(N(C(=O)OC(C)(C)C)C(=O)OC(C)(C)C)nc(Cl)nc32)[C@@H](F)[C@@H]1C)C(C)=O. The van der Waals surface area contributed by atoms with Crippen LogP contribution in [0, 0.1) is 5.92 Å². The van der Waals surface area contributed by atoms with E-state index in [2.05, 4.69) is 15.0 Å². The summed E-state index contributed by atoms with van der Waals surface area (Å²) in [7, 11) is 0. The lowest BCUT2D eigenvalue weighted by atomic mass is 9.89. The highest BCUT2D eigenvalue weighted by Crippen LogP contribution is 2.40. The number of carbonyl (C=O) groups excluding carboxylic acids is 4. The van der Waals surface area contributed by atoms with Gasteiger partial charge in [-0.2, -0.15) is 14.9 Å². The van der Waals surface area contributed by atoms with Gasteiger partial charge < -0.3 is 23.7 Å². The van der Waals surface area contributed by atoms with Gasteiger partial charge in [-0.05, 0) is 83.3 Å². The number of hydrogen-bond acceptors (Lipinski definition) is 12. The van der Waals surface area contributed by atoms with Gasteiger partial charge in [0.2, 0.25) is 10.9 Å². The number of halogens is 2. The Bertz CT molecular complexity index is 2030. The van der Waals surface area contributed by atoms with Gasteiger partial charge in [-0.15, -0.1) is 0 Å². The van der Waals surface area contributed by atoms with Crippen molar-refractivity contribution in [3.8, 4) is 0 Å². The van der Waals surface area contributed by atoms with E-state index in [-0.39, 0.29) is 36.6 Å². The molecule has 1 fully saturated rings. The number of imide groups is 1. The van der Waals surface area contributed by atoms with Crippen LogP contribution in [0.25, 0.3) is 21.9 Å². The quantitative estimate of drug-likeness (QED) is 0.0685. The van der Waals surface area contributed by atoms with Crippen LogP contribution in [0.1, 0.15) is 74.1 Å². The average Bonchev–Trinajstić information content (AvgIpc) is 3.60. The molecule has 0 saturated carbocycles. The fourth-order valence-electron chi connectivity index (χ4n) is 5.99. The third-order valence-electron chi connectivity index (χ3n) is 8.62. The van der Waals surface area contributed by atoms with E-state index >= 15 is 4.39 Å². The second-order valence-electron chi connectivity index (χ2n) is 15.1. The minimum absolute atomic E-state index is 0.000699. The molecular weight excluding hydrogens is 725 g/mol. The van der Waals surface area contributed by atoms with Gasteiger partial charge in [0.1, 0.15) is 11.2 Å². The Morgan fingerprint density at radius 2 is 1.59 bits per heavy atom. The number of amides is 2. The molecule has 2 amide bonds. The summed E-state index contributed by atoms with van der Waals surface area (Å²) in [6.07, 6.45) is -5.16. The molecule has 290 valence electrons. The number of alkyl halides is 1. The largest absolute Gasteiger partial charge is 0.463 e. The first-order chi connectivity index (χ1) is 25.2. The second-order valence-corrected chi connectivity index (χ2v) is 15.4. The van der Waals surface area contributed by atoms with Gasteiger partial charge in [-0.3, -0.25) is 9.36 Å². The molecule has 14 nitrogen and oxygen atoms in total. The molecule has 5 atom stereocenters. The van der Waals surface area contributed by atoms with Crippen LogP contribution in [-0.4, -0.2) is 85.8 Å². The lowest BCUT2D eigenvalue weighted by Crippen LogP contribution is -2.52. The third kappa shape index (κ3) is 8.63. The number of hydrogen-bond donors (Lipinski definition) is 0. The van der Waals surface area contributed by atoms with Crippen molar-refractivity contribution in [1.29, 1.82) is 0 Å². The number of ether oxygens (including phenoxy) is 5. The first-order valence-electron chi connectivity index (χ1n) is 17.5. The second kappa shape index (κ2) is 15.6. The zero-order valence-electron chi connectivity index (χ0n) is 31.7. The number of nitrogens with zero attached hydrogens (tertiary/aromatic N) is 5. The van der Waals surface area contributed by atoms with Crippen molar-refractivity contribution in [2.75, 3.05) is 18.1 Å². The first kappa shape index (κ1) is 40.5. The highest BCUT2D eigenvalue weighted by Gasteiger charge is 2.50. The molecule has 16 heteroatoms. The van der Waals surface area contributed by atoms with Crippen molar-refractivity contribution in [1.82, 2.24) is 19.5 Å². The van der Waals surface area contributed by atoms with Crippen molar-refractivity contribution >= 4 is 63.3 Å². The number of Topliss-reactive ketones (excluding diaryl/α,β-unsaturated/α-hetero) is 1. The number of imidazole rings is 1. The minimum Gasteiger partial charge on any atom is -0.463 e. The summed E-state index contributed by atoms with van der Waals surface area (Å²) >= 11 is 6.33. The fourth-order valence-corrected chi connectivity index (χ4v) is 6.15. The van der Waals surface area contributed by atoms with Gasteiger partial charge in [-0.25, -0.2) is 23.8 Å². The summed E-state index contributed by atoms with van der Waals surface area (Å²) in [5.41, 5.74) is -3.58. The summed E-state index contributed by atoms with van der Waals surface area (Å²) in [4.78, 5) is 66.9. The lowest BCUT2D eigenvalue weighted by molar-refractivity contribution is -0.182. The van der Waals surface area contributed by atoms with E-state index in [1.54, 1.807) is 55.4 Å². The predicted molar refractivity (Wildman–Crippen MR) is 197 cm³/mol. The summed E-state index contributed by atoms with van der Waals surface area (Å²) in [6, 6.07) is 13.2. The molecule has 1 aliphatic rings. The van der Waals surface area contributed by atoms with Crippen molar-refractivity contribution in [3.05, 3.63) is 59.6 Å². The molecule has 5 rings (SSSR count). The topological polar surface area (TPSA) is 161 Å². The molecule has 1 unspecified atom stereocenters. The van der Waals surface area contributed by atoms with E-state index in [0.29, 0.717) is 10.5 Å². The Balaban J connectivity index is 1.46. The Kier molecular flexibility index (Phi) is 11.7. The summed E-state index contributed by atoms with van der Waals surface area (Å²) in [5, 5.41) is 1.49. The van der Waals surface area contributed by atoms with Gasteiger partial charge in [-0.1, -0.05) is 49.4 Å². The van der Waals surface area contributed by atoms with Crippen LogP contribution in [-0.2, 0) is 39.7 Å². The van der Waals surface area contributed by atoms with Crippen molar-refractivity contribution in [2.24, 2.45) is 5.92 Å². The smallest absolute Gasteiger partial charge is 0.425 e. The van der Waals surface area contributed by atoms with E-state index in [1.807, 2.05) is 42.5 Å². The number of rotatable bonds is 10. The first-order valence-corrected chi connectivity index (χ1v) is 17.9. The maximum Gasteiger partial charge on any atom is 0.425 e. The molecule has 0 N–H and O–H groups in total. The normalized spacial score (nSPS) is 20.1. The molecular formula is C38H45ClFN5O9. The van der Waals surface area contributed by atoms with Gasteiger partial charge in [0, 0.05) is 12.3 Å². The number of carbonyl (C=O) groups is 4. The maximum absolute atomic E-state index is 16.2. The number of aromatic nitrogens is 4. The average molecular weight is 770 g/mol. The number of anilines is 1. The van der Waals surface area contributed by atoms with E-state index in [4.69, 9.17) is 35.3 Å². The number of esters is 1. The monoisotopic (exact) mass is 769 g/mol. The van der Waals surface area contributed by atoms with Crippen LogP contribution in [0.5, 0.6) is 0 Å². The zero-order valence-corrected chi connectivity index (χ0v) is 32.5. The Morgan fingerprint density at radius 3 is 2.19 bits per heavy atom. The van der Waals surface area contributed by atoms with Crippen LogP contribution >= 0.6 is 11.6 Å². The fraction of sp³-hybridized carbons (Fsp3) is 0.500. The molecule has 4 aromatic rings. The number of ketones is 1. The van der Waals surface area contributed by atoms with Crippen molar-refractivity contribution in [2.45, 2.75) is 104 Å². The molecule has 3 heterocycles. The van der Waals surface area contributed by atoms with Crippen molar-refractivity contribution in [3.63, 3.8) is 0 Å². The Labute approximate surface area is 317 Å². The van der Waals surface area contributed by atoms with Crippen LogP contribution in [0.4, 0.5) is 19.8 Å². The van der Waals surface area contributed by atoms with E-state index in [9.17, 15) is 19.2 Å². The molecule has 0 aliphatic carbocycles. The van der Waals surface area contributed by atoms with Crippen LogP contribution in [0.15, 0.2) is 48.8 Å². The van der Waals surface area contributed by atoms with Gasteiger partial charge >= 0.3 is 18.2 Å². The lowest BCUT2D eigenvalue weighted by Gasteiger charge is -2.31. The minimum atomic E-state index is -2.05. The zero-order chi connectivity index (χ0) is 39.7. The van der Waals surface area contributed by atoms with Gasteiger partial charge in [0.05, 0.1) is 25.6 Å². The summed E-state index contributed by atoms with van der Waals surface area (Å²) in [6.45, 7) is 13.8. The summed E-state index contributed by atoms with van der Waals surface area (Å²) in [5.74, 6) is -2.64. The number of benzene rings is 2. The molecule has 2 aromatic carbocycles. The molecule has 1 aliphatic heterocycles. The predicted octanol–water partition coefficient (Wildman–Crippen LogP) is 7.33. The highest BCUT2D eigenvalue weighted by atomic mass is 35.5. The van der Waals surface area contributed by atoms with Crippen molar-refractivity contribution < 1.29 is 47.3 Å². The molecule has 0 spiro atoms. The van der Waals surface area contributed by atoms with Crippen LogP contribution in [0.3, 0.4) is 0 Å². The van der Waals surface area contributed by atoms with E-state index < -0.39 is 70.4 Å². The number of fused-ring (bicyclic) bond motifs is 2. The third-order valence-corrected chi connectivity index (χ3v) is 8.79. The summed E-state index contributed by atoms with van der Waals surface area (Å²) < 4.78 is 46.2. The Hall–Kier alpha value is -4.73. The molecule has 0 radical (unpaired) electrons. The van der Waals surface area contributed by atoms with Crippen LogP contribution < -0.4 is 4.90 Å². The van der Waals surface area contributed by atoms with E-state index in [1.165, 1.54) is 17.8 Å². The van der Waals surface area contributed by atoms with E-state index in [0.717, 1.165) is 10.8 Å². The maximum atomic E-state index is 16.2. The standard InChI is InChI=1S/C38H45ClFN5O9/c1-10-50-32(47)38(22(3)46,18-23-15-16-24-13-11-12-14-25(24)17-23)51-19-26-21(2)27(40)31(52-26)44-20-41-28-29(44)42-33(39)43-30(28)45(34(48)53-36(4,5)6)35(49)54-37(7,8)9/h11-17,20-21,26-27,31H,10,18-19H2,1-9H3/t21-,26-,27+,31-,38?/m1/s1. The van der Waals surface area contributed by atoms with Crippen LogP contribution in [0.2, 0.25) is 5.28 Å². The molecule has 54 heavy (non-hydrogen) atoms.